The topological polar surface area (TPSA) is 122 Å². The summed E-state index contributed by atoms with van der Waals surface area (Å²) in [4.78, 5) is 32.0. The Kier molecular flexibility index (Phi) is 6.77. The number of aromatic hydroxyl groups is 1. The number of aromatic nitrogens is 2. The van der Waals surface area contributed by atoms with Crippen molar-refractivity contribution in [2.24, 2.45) is 0 Å². The molecule has 0 amide bonds. The van der Waals surface area contributed by atoms with Crippen LogP contribution in [0.4, 0.5) is 13.2 Å². The number of alkyl halides is 3. The molecular weight excluding hydrogens is 443 g/mol. The molecule has 1 N–H and O–H groups in total. The van der Waals surface area contributed by atoms with Crippen molar-refractivity contribution in [3.63, 3.8) is 0 Å². The van der Waals surface area contributed by atoms with Gasteiger partial charge >= 0.3 is 12.3 Å². The lowest BCUT2D eigenvalue weighted by Gasteiger charge is -2.12. The summed E-state index contributed by atoms with van der Waals surface area (Å²) < 4.78 is 45.7. The molecule has 3 aromatic rings. The van der Waals surface area contributed by atoms with E-state index in [4.69, 9.17) is 4.74 Å². The van der Waals surface area contributed by atoms with E-state index in [1.165, 1.54) is 12.1 Å². The van der Waals surface area contributed by atoms with Crippen LogP contribution in [0.5, 0.6) is 11.6 Å². The number of pyridine rings is 2. The van der Waals surface area contributed by atoms with Crippen molar-refractivity contribution in [1.29, 1.82) is 5.26 Å². The van der Waals surface area contributed by atoms with Crippen LogP contribution in [0.25, 0.3) is 22.0 Å². The van der Waals surface area contributed by atoms with Crippen LogP contribution in [0.2, 0.25) is 0 Å². The Morgan fingerprint density at radius 2 is 1.94 bits per heavy atom. The number of rotatable bonds is 7. The largest absolute Gasteiger partial charge is 0.574 e. The molecule has 0 radical (unpaired) electrons. The first-order chi connectivity index (χ1) is 15.6. The number of hydrogen-bond donors (Lipinski definition) is 1. The summed E-state index contributed by atoms with van der Waals surface area (Å²) in [6, 6.07) is 8.80. The second kappa shape index (κ2) is 9.52. The number of ketones is 1. The molecule has 0 aliphatic rings. The van der Waals surface area contributed by atoms with Crippen LogP contribution in [0.3, 0.4) is 0 Å². The average molecular weight is 459 g/mol. The molecule has 3 rings (SSSR count). The van der Waals surface area contributed by atoms with Crippen molar-refractivity contribution in [1.82, 2.24) is 9.97 Å². The predicted octanol–water partition coefficient (Wildman–Crippen LogP) is 4.30. The highest BCUT2D eigenvalue weighted by Gasteiger charge is 2.31. The molecule has 0 spiro atoms. The highest BCUT2D eigenvalue weighted by atomic mass is 19.4. The summed E-state index contributed by atoms with van der Waals surface area (Å²) in [5.41, 5.74) is 0.237. The third-order valence-corrected chi connectivity index (χ3v) is 4.50. The molecule has 0 aliphatic heterocycles. The maximum absolute atomic E-state index is 12.6. The standard InChI is InChI=1S/C22H16F3N3O5/c1-2-32-18(30)9-7-16(29)20-21(31)15(10-26)14-5-3-4-13(19(14)28-20)12-6-8-17(27-11-12)33-22(23,24)25/h3-6,8,11,31H,2,7,9H2,1H3. The Hall–Kier alpha value is -4.20. The number of halogens is 3. The van der Waals surface area contributed by atoms with Crippen molar-refractivity contribution >= 4 is 22.7 Å². The maximum atomic E-state index is 12.6. The smallest absolute Gasteiger partial charge is 0.504 e. The SMILES string of the molecule is CCOC(=O)CCC(=O)c1nc2c(-c3ccc(OC(F)(F)F)nc3)cccc2c(C#N)c1O. The van der Waals surface area contributed by atoms with Crippen LogP contribution >= 0.6 is 0 Å². The monoisotopic (exact) mass is 459 g/mol. The predicted molar refractivity (Wildman–Crippen MR) is 108 cm³/mol. The Labute approximate surface area is 185 Å². The molecule has 2 aromatic heterocycles. The quantitative estimate of drug-likeness (QED) is 0.410. The number of hydrogen-bond acceptors (Lipinski definition) is 8. The van der Waals surface area contributed by atoms with Gasteiger partial charge in [-0.05, 0) is 13.0 Å². The lowest BCUT2D eigenvalue weighted by molar-refractivity contribution is -0.276. The summed E-state index contributed by atoms with van der Waals surface area (Å²) >= 11 is 0. The van der Waals surface area contributed by atoms with Gasteiger partial charge in [-0.15, -0.1) is 13.2 Å². The first-order valence-corrected chi connectivity index (χ1v) is 9.61. The Bertz CT molecular complexity index is 1250. The van der Waals surface area contributed by atoms with Crippen LogP contribution in [-0.2, 0) is 9.53 Å². The van der Waals surface area contributed by atoms with Gasteiger partial charge in [-0.3, -0.25) is 9.59 Å². The lowest BCUT2D eigenvalue weighted by Crippen LogP contribution is -2.17. The highest BCUT2D eigenvalue weighted by molar-refractivity contribution is 6.05. The van der Waals surface area contributed by atoms with E-state index in [2.05, 4.69) is 14.7 Å². The van der Waals surface area contributed by atoms with Crippen molar-refractivity contribution in [2.75, 3.05) is 6.61 Å². The van der Waals surface area contributed by atoms with E-state index in [0.717, 1.165) is 12.3 Å². The van der Waals surface area contributed by atoms with E-state index in [1.54, 1.807) is 19.1 Å². The Balaban J connectivity index is 2.06. The van der Waals surface area contributed by atoms with Gasteiger partial charge in [-0.2, -0.15) is 5.26 Å². The van der Waals surface area contributed by atoms with Crippen LogP contribution in [-0.4, -0.2) is 39.8 Å². The lowest BCUT2D eigenvalue weighted by atomic mass is 9.98. The maximum Gasteiger partial charge on any atom is 0.574 e. The van der Waals surface area contributed by atoms with Crippen LogP contribution in [0.1, 0.15) is 35.8 Å². The highest BCUT2D eigenvalue weighted by Crippen LogP contribution is 2.35. The van der Waals surface area contributed by atoms with Crippen LogP contribution < -0.4 is 4.74 Å². The molecule has 0 unspecified atom stereocenters. The number of Topliss-reactive ketones (excluding diaryl/α,β-unsaturated/α-hetero) is 1. The summed E-state index contributed by atoms with van der Waals surface area (Å²) in [7, 11) is 0. The third-order valence-electron chi connectivity index (χ3n) is 4.50. The van der Waals surface area contributed by atoms with Crippen molar-refractivity contribution in [3.05, 3.63) is 47.8 Å². The molecule has 0 saturated carbocycles. The molecule has 2 heterocycles. The number of fused-ring (bicyclic) bond motifs is 1. The summed E-state index contributed by atoms with van der Waals surface area (Å²) in [5.74, 6) is -2.56. The van der Waals surface area contributed by atoms with Gasteiger partial charge in [0.25, 0.3) is 0 Å². The number of esters is 1. The summed E-state index contributed by atoms with van der Waals surface area (Å²) in [6.45, 7) is 1.77. The van der Waals surface area contributed by atoms with E-state index in [1.807, 2.05) is 6.07 Å². The molecule has 0 atom stereocenters. The zero-order chi connectivity index (χ0) is 24.2. The van der Waals surface area contributed by atoms with Gasteiger partial charge in [-0.25, -0.2) is 9.97 Å². The zero-order valence-corrected chi connectivity index (χ0v) is 17.1. The van der Waals surface area contributed by atoms with Gasteiger partial charge in [0.15, 0.2) is 11.5 Å². The number of nitriles is 1. The minimum atomic E-state index is -4.90. The number of carbonyl (C=O) groups excluding carboxylic acids is 2. The van der Waals surface area contributed by atoms with E-state index in [0.29, 0.717) is 11.1 Å². The number of para-hydroxylation sites is 1. The second-order valence-electron chi connectivity index (χ2n) is 6.66. The number of benzene rings is 1. The second-order valence-corrected chi connectivity index (χ2v) is 6.66. The molecule has 8 nitrogen and oxygen atoms in total. The fourth-order valence-corrected chi connectivity index (χ4v) is 3.10. The van der Waals surface area contributed by atoms with Crippen molar-refractivity contribution in [2.45, 2.75) is 26.1 Å². The third kappa shape index (κ3) is 5.35. The van der Waals surface area contributed by atoms with Gasteiger partial charge in [0.1, 0.15) is 17.3 Å². The first-order valence-electron chi connectivity index (χ1n) is 9.61. The van der Waals surface area contributed by atoms with E-state index >= 15 is 0 Å². The molecular formula is C22H16F3N3O5. The van der Waals surface area contributed by atoms with E-state index < -0.39 is 35.4 Å². The summed E-state index contributed by atoms with van der Waals surface area (Å²) in [5, 5.41) is 20.3. The fourth-order valence-electron chi connectivity index (χ4n) is 3.10. The summed E-state index contributed by atoms with van der Waals surface area (Å²) in [6.07, 6.45) is -4.31. The van der Waals surface area contributed by atoms with Gasteiger partial charge in [0, 0.05) is 35.2 Å². The Morgan fingerprint density at radius 3 is 2.55 bits per heavy atom. The average Bonchev–Trinajstić information content (AvgIpc) is 2.76. The molecule has 1 aromatic carbocycles. The Morgan fingerprint density at radius 1 is 1.18 bits per heavy atom. The molecule has 0 saturated heterocycles. The molecule has 170 valence electrons. The first kappa shape index (κ1) is 23.5. The van der Waals surface area contributed by atoms with Crippen molar-refractivity contribution < 1.29 is 37.3 Å². The van der Waals surface area contributed by atoms with Gasteiger partial charge in [0.05, 0.1) is 18.5 Å². The van der Waals surface area contributed by atoms with E-state index in [-0.39, 0.29) is 35.9 Å². The zero-order valence-electron chi connectivity index (χ0n) is 17.1. The minimum Gasteiger partial charge on any atom is -0.504 e. The number of ether oxygens (including phenoxy) is 2. The minimum absolute atomic E-state index is 0.148. The van der Waals surface area contributed by atoms with Gasteiger partial charge in [-0.1, -0.05) is 18.2 Å². The van der Waals surface area contributed by atoms with Gasteiger partial charge in [0.2, 0.25) is 5.88 Å². The fraction of sp³-hybridized carbons (Fsp3) is 0.227. The molecule has 0 fully saturated rings. The van der Waals surface area contributed by atoms with E-state index in [9.17, 15) is 33.1 Å². The molecule has 33 heavy (non-hydrogen) atoms. The van der Waals surface area contributed by atoms with Gasteiger partial charge < -0.3 is 14.6 Å². The number of nitrogens with zero attached hydrogens (tertiary/aromatic N) is 3. The molecule has 11 heteroatoms. The van der Waals surface area contributed by atoms with Crippen LogP contribution in [0.15, 0.2) is 36.5 Å². The van der Waals surface area contributed by atoms with Crippen molar-refractivity contribution in [3.8, 4) is 28.8 Å². The normalized spacial score (nSPS) is 11.1. The molecule has 0 aliphatic carbocycles. The molecule has 0 bridgehead atoms. The van der Waals surface area contributed by atoms with Crippen LogP contribution in [0, 0.1) is 11.3 Å². The number of carbonyl (C=O) groups is 2.